The molecule has 0 bridgehead atoms. The van der Waals surface area contributed by atoms with Crippen molar-refractivity contribution in [1.82, 2.24) is 5.32 Å². The second-order valence-electron chi connectivity index (χ2n) is 4.60. The Labute approximate surface area is 125 Å². The summed E-state index contributed by atoms with van der Waals surface area (Å²) in [4.78, 5) is 35.4. The molecule has 2 N–H and O–H groups in total. The lowest BCUT2D eigenvalue weighted by atomic mass is 10.1. The van der Waals surface area contributed by atoms with Crippen LogP contribution in [0.5, 0.6) is 0 Å². The Hall–Kier alpha value is -2.02. The summed E-state index contributed by atoms with van der Waals surface area (Å²) in [6.07, 6.45) is 0.166. The minimum atomic E-state index is -1.27. The molecule has 0 aliphatic carbocycles. The Morgan fingerprint density at radius 2 is 2.14 bits per heavy atom. The summed E-state index contributed by atoms with van der Waals surface area (Å²) in [5.74, 6) is -2.31. The van der Waals surface area contributed by atoms with E-state index in [2.05, 4.69) is 10.1 Å². The second-order valence-corrected chi connectivity index (χ2v) is 5.84. The van der Waals surface area contributed by atoms with E-state index in [9.17, 15) is 14.4 Å². The van der Waals surface area contributed by atoms with E-state index >= 15 is 0 Å². The summed E-state index contributed by atoms with van der Waals surface area (Å²) in [6, 6.07) is 6.39. The van der Waals surface area contributed by atoms with Crippen LogP contribution >= 0.6 is 11.8 Å². The van der Waals surface area contributed by atoms with Crippen molar-refractivity contribution >= 4 is 29.6 Å². The molecule has 1 aromatic carbocycles. The largest absolute Gasteiger partial charge is 0.480 e. The van der Waals surface area contributed by atoms with Crippen molar-refractivity contribution in [1.29, 1.82) is 0 Å². The number of nitrogens with one attached hydrogen (secondary N) is 1. The third-order valence-corrected chi connectivity index (χ3v) is 4.47. The van der Waals surface area contributed by atoms with Gasteiger partial charge in [0, 0.05) is 4.90 Å². The summed E-state index contributed by atoms with van der Waals surface area (Å²) in [5, 5.41) is 11.1. The second kappa shape index (κ2) is 6.62. The molecule has 1 heterocycles. The number of ether oxygens (including phenoxy) is 1. The quantitative estimate of drug-likeness (QED) is 0.783. The van der Waals surface area contributed by atoms with Crippen LogP contribution in [0.15, 0.2) is 29.2 Å². The SMILES string of the molecule is COC(=O)C[C@H](NC(=O)C1Cc2ccccc2S1)C(=O)O. The molecular weight excluding hydrogens is 294 g/mol. The van der Waals surface area contributed by atoms with Gasteiger partial charge in [0.1, 0.15) is 6.04 Å². The fraction of sp³-hybridized carbons (Fsp3) is 0.357. The van der Waals surface area contributed by atoms with Gasteiger partial charge in [0.2, 0.25) is 5.91 Å². The molecule has 1 amide bonds. The van der Waals surface area contributed by atoms with Crippen LogP contribution in [0.4, 0.5) is 0 Å². The van der Waals surface area contributed by atoms with Crippen molar-refractivity contribution in [3.63, 3.8) is 0 Å². The van der Waals surface area contributed by atoms with E-state index in [0.717, 1.165) is 10.5 Å². The van der Waals surface area contributed by atoms with E-state index in [0.29, 0.717) is 6.42 Å². The van der Waals surface area contributed by atoms with Crippen LogP contribution in [-0.4, -0.2) is 41.4 Å². The molecule has 1 aliphatic heterocycles. The van der Waals surface area contributed by atoms with Crippen molar-refractivity contribution in [2.75, 3.05) is 7.11 Å². The zero-order chi connectivity index (χ0) is 15.4. The fourth-order valence-corrected chi connectivity index (χ4v) is 3.25. The van der Waals surface area contributed by atoms with Crippen LogP contribution in [0, 0.1) is 0 Å². The van der Waals surface area contributed by atoms with E-state index in [1.807, 2.05) is 24.3 Å². The number of hydrogen-bond donors (Lipinski definition) is 2. The molecule has 7 heteroatoms. The molecular formula is C14H15NO5S. The van der Waals surface area contributed by atoms with Crippen molar-refractivity contribution in [3.05, 3.63) is 29.8 Å². The lowest BCUT2D eigenvalue weighted by Crippen LogP contribution is -2.45. The summed E-state index contributed by atoms with van der Waals surface area (Å²) in [6.45, 7) is 0. The van der Waals surface area contributed by atoms with Gasteiger partial charge in [0.05, 0.1) is 18.8 Å². The number of esters is 1. The number of carboxylic acid groups (broad SMARTS) is 1. The number of thioether (sulfide) groups is 1. The van der Waals surface area contributed by atoms with Gasteiger partial charge < -0.3 is 15.2 Å². The zero-order valence-electron chi connectivity index (χ0n) is 11.4. The van der Waals surface area contributed by atoms with Gasteiger partial charge in [-0.15, -0.1) is 11.8 Å². The number of methoxy groups -OCH3 is 1. The monoisotopic (exact) mass is 309 g/mol. The average Bonchev–Trinajstić information content (AvgIpc) is 2.90. The molecule has 0 radical (unpaired) electrons. The Morgan fingerprint density at radius 3 is 2.76 bits per heavy atom. The third kappa shape index (κ3) is 3.75. The smallest absolute Gasteiger partial charge is 0.326 e. The molecule has 112 valence electrons. The maximum atomic E-state index is 12.2. The van der Waals surface area contributed by atoms with Crippen molar-refractivity contribution in [2.45, 2.75) is 29.0 Å². The number of carbonyl (C=O) groups is 3. The topological polar surface area (TPSA) is 92.7 Å². The Balaban J connectivity index is 1.98. The van der Waals surface area contributed by atoms with E-state index < -0.39 is 18.0 Å². The summed E-state index contributed by atoms with van der Waals surface area (Å²) in [7, 11) is 1.17. The van der Waals surface area contributed by atoms with Crippen molar-refractivity contribution in [3.8, 4) is 0 Å². The predicted molar refractivity (Wildman–Crippen MR) is 76.0 cm³/mol. The highest BCUT2D eigenvalue weighted by Crippen LogP contribution is 2.36. The average molecular weight is 309 g/mol. The van der Waals surface area contributed by atoms with Gasteiger partial charge in [-0.05, 0) is 18.1 Å². The summed E-state index contributed by atoms with van der Waals surface area (Å²) >= 11 is 1.40. The molecule has 21 heavy (non-hydrogen) atoms. The first-order valence-electron chi connectivity index (χ1n) is 6.36. The van der Waals surface area contributed by atoms with Crippen LogP contribution in [0.3, 0.4) is 0 Å². The van der Waals surface area contributed by atoms with E-state index in [1.54, 1.807) is 0 Å². The van der Waals surface area contributed by atoms with E-state index in [4.69, 9.17) is 5.11 Å². The van der Waals surface area contributed by atoms with E-state index in [-0.39, 0.29) is 17.6 Å². The summed E-state index contributed by atoms with van der Waals surface area (Å²) in [5.41, 5.74) is 1.07. The number of rotatable bonds is 5. The fourth-order valence-electron chi connectivity index (χ4n) is 2.04. The van der Waals surface area contributed by atoms with Gasteiger partial charge >= 0.3 is 11.9 Å². The number of fused-ring (bicyclic) bond motifs is 1. The maximum Gasteiger partial charge on any atom is 0.326 e. The lowest BCUT2D eigenvalue weighted by molar-refractivity contribution is -0.148. The highest BCUT2D eigenvalue weighted by atomic mass is 32.2. The Bertz CT molecular complexity index is 549. The first-order chi connectivity index (χ1) is 10.0. The van der Waals surface area contributed by atoms with Crippen LogP contribution in [0.2, 0.25) is 0 Å². The lowest BCUT2D eigenvalue weighted by Gasteiger charge is -2.16. The Kier molecular flexibility index (Phi) is 4.85. The third-order valence-electron chi connectivity index (χ3n) is 3.15. The molecule has 2 atom stereocenters. The molecule has 2 rings (SSSR count). The number of aliphatic carboxylic acids is 1. The number of hydrogen-bond acceptors (Lipinski definition) is 5. The number of benzene rings is 1. The van der Waals surface area contributed by atoms with Gasteiger partial charge in [0.25, 0.3) is 0 Å². The van der Waals surface area contributed by atoms with Crippen LogP contribution in [-0.2, 0) is 25.5 Å². The van der Waals surface area contributed by atoms with Crippen molar-refractivity contribution < 1.29 is 24.2 Å². The zero-order valence-corrected chi connectivity index (χ0v) is 12.2. The molecule has 0 saturated heterocycles. The van der Waals surface area contributed by atoms with E-state index in [1.165, 1.54) is 18.9 Å². The predicted octanol–water partition coefficient (Wildman–Crippen LogP) is 0.836. The molecule has 0 aromatic heterocycles. The maximum absolute atomic E-state index is 12.2. The molecule has 1 aliphatic rings. The van der Waals surface area contributed by atoms with Crippen molar-refractivity contribution in [2.24, 2.45) is 0 Å². The first kappa shape index (κ1) is 15.4. The highest BCUT2D eigenvalue weighted by Gasteiger charge is 2.31. The minimum absolute atomic E-state index is 0.373. The summed E-state index contributed by atoms with van der Waals surface area (Å²) < 4.78 is 4.43. The van der Waals surface area contributed by atoms with Crippen LogP contribution in [0.1, 0.15) is 12.0 Å². The standard InChI is InChI=1S/C14H15NO5S/c1-20-12(16)7-9(14(18)19)15-13(17)11-6-8-4-2-3-5-10(8)21-11/h2-5,9,11H,6-7H2,1H3,(H,15,17)(H,18,19)/t9-,11?/m0/s1. The van der Waals surface area contributed by atoms with Crippen LogP contribution in [0.25, 0.3) is 0 Å². The van der Waals surface area contributed by atoms with Gasteiger partial charge in [-0.2, -0.15) is 0 Å². The van der Waals surface area contributed by atoms with Gasteiger partial charge in [0.15, 0.2) is 0 Å². The number of carbonyl (C=O) groups excluding carboxylic acids is 2. The first-order valence-corrected chi connectivity index (χ1v) is 7.23. The highest BCUT2D eigenvalue weighted by molar-refractivity contribution is 8.01. The molecule has 0 saturated carbocycles. The minimum Gasteiger partial charge on any atom is -0.480 e. The van der Waals surface area contributed by atoms with Gasteiger partial charge in [-0.25, -0.2) is 4.79 Å². The molecule has 6 nitrogen and oxygen atoms in total. The molecule has 0 spiro atoms. The number of carboxylic acids is 1. The van der Waals surface area contributed by atoms with Gasteiger partial charge in [-0.1, -0.05) is 18.2 Å². The molecule has 0 fully saturated rings. The number of amides is 1. The Morgan fingerprint density at radius 1 is 1.43 bits per heavy atom. The van der Waals surface area contributed by atoms with Gasteiger partial charge in [-0.3, -0.25) is 9.59 Å². The van der Waals surface area contributed by atoms with Crippen LogP contribution < -0.4 is 5.32 Å². The molecule has 1 aromatic rings. The molecule has 1 unspecified atom stereocenters. The normalized spacial score (nSPS) is 17.7.